The van der Waals surface area contributed by atoms with E-state index in [-0.39, 0.29) is 0 Å². The highest BCUT2D eigenvalue weighted by atomic mass is 15.2. The fraction of sp³-hybridized carbons (Fsp3) is 0. The first-order chi connectivity index (χ1) is 5.42. The Bertz CT molecular complexity index is 389. The van der Waals surface area contributed by atoms with Crippen molar-refractivity contribution in [2.45, 2.75) is 0 Å². The van der Waals surface area contributed by atoms with Crippen molar-refractivity contribution in [2.24, 2.45) is 4.99 Å². The number of aromatic nitrogens is 2. The van der Waals surface area contributed by atoms with Crippen molar-refractivity contribution in [1.29, 1.82) is 0 Å². The molecule has 0 aliphatic rings. The van der Waals surface area contributed by atoms with Crippen LogP contribution in [0.2, 0.25) is 0 Å². The van der Waals surface area contributed by atoms with Crippen molar-refractivity contribution in [1.82, 2.24) is 9.61 Å². The lowest BCUT2D eigenvalue weighted by Crippen LogP contribution is -1.83. The van der Waals surface area contributed by atoms with Gasteiger partial charge in [0, 0.05) is 6.20 Å². The highest BCUT2D eigenvalue weighted by Gasteiger charge is 1.96. The topological polar surface area (TPSA) is 29.7 Å². The van der Waals surface area contributed by atoms with Crippen LogP contribution in [-0.4, -0.2) is 16.3 Å². The summed E-state index contributed by atoms with van der Waals surface area (Å²) in [6.45, 7) is 3.47. The molecular weight excluding hydrogens is 138 g/mol. The molecule has 0 N–H and O–H groups in total. The maximum atomic E-state index is 4.06. The maximum Gasteiger partial charge on any atom is 0.0917 e. The highest BCUT2D eigenvalue weighted by molar-refractivity contribution is 5.69. The molecule has 2 heterocycles. The van der Waals surface area contributed by atoms with Crippen molar-refractivity contribution in [3.8, 4) is 0 Å². The number of fused-ring (bicyclic) bond motifs is 1. The number of aliphatic imine (C=N–C) groups is 1. The van der Waals surface area contributed by atoms with Crippen LogP contribution in [0.1, 0.15) is 0 Å². The van der Waals surface area contributed by atoms with Crippen molar-refractivity contribution >= 4 is 17.9 Å². The summed E-state index contributed by atoms with van der Waals surface area (Å²) in [5, 5.41) is 4.06. The largest absolute Gasteiger partial charge is 0.262 e. The Morgan fingerprint density at radius 1 is 1.45 bits per heavy atom. The standard InChI is InChI=1S/C8H7N3/c1-9-7-3-2-6-11-8(7)4-5-10-11/h2-6H,1H2. The first-order valence-corrected chi connectivity index (χ1v) is 3.31. The Balaban J connectivity index is 2.88. The van der Waals surface area contributed by atoms with Crippen LogP contribution in [0, 0.1) is 0 Å². The molecule has 3 heteroatoms. The lowest BCUT2D eigenvalue weighted by atomic mass is 10.3. The summed E-state index contributed by atoms with van der Waals surface area (Å²) in [5.74, 6) is 0. The molecule has 0 saturated carbocycles. The average molecular weight is 145 g/mol. The van der Waals surface area contributed by atoms with E-state index in [2.05, 4.69) is 16.8 Å². The lowest BCUT2D eigenvalue weighted by molar-refractivity contribution is 0.961. The van der Waals surface area contributed by atoms with Crippen LogP contribution in [0.4, 0.5) is 5.69 Å². The van der Waals surface area contributed by atoms with Gasteiger partial charge in [0.15, 0.2) is 0 Å². The third kappa shape index (κ3) is 0.816. The van der Waals surface area contributed by atoms with E-state index >= 15 is 0 Å². The van der Waals surface area contributed by atoms with Gasteiger partial charge in [0.2, 0.25) is 0 Å². The number of hydrogen-bond acceptors (Lipinski definition) is 2. The zero-order valence-corrected chi connectivity index (χ0v) is 5.94. The van der Waals surface area contributed by atoms with E-state index in [1.165, 1.54) is 0 Å². The predicted molar refractivity (Wildman–Crippen MR) is 44.4 cm³/mol. The van der Waals surface area contributed by atoms with Gasteiger partial charge in [-0.2, -0.15) is 5.10 Å². The van der Waals surface area contributed by atoms with Crippen molar-refractivity contribution in [3.05, 3.63) is 30.6 Å². The van der Waals surface area contributed by atoms with Gasteiger partial charge in [0.1, 0.15) is 0 Å². The molecule has 0 bridgehead atoms. The van der Waals surface area contributed by atoms with E-state index < -0.39 is 0 Å². The van der Waals surface area contributed by atoms with Gasteiger partial charge < -0.3 is 0 Å². The Hall–Kier alpha value is -1.64. The summed E-state index contributed by atoms with van der Waals surface area (Å²) in [5.41, 5.74) is 1.85. The molecule has 0 fully saturated rings. The van der Waals surface area contributed by atoms with E-state index in [9.17, 15) is 0 Å². The van der Waals surface area contributed by atoms with Crippen LogP contribution < -0.4 is 0 Å². The molecular formula is C8H7N3. The molecule has 0 aliphatic heterocycles. The summed E-state index contributed by atoms with van der Waals surface area (Å²) >= 11 is 0. The molecule has 0 unspecified atom stereocenters. The maximum absolute atomic E-state index is 4.06. The molecule has 0 amide bonds. The monoisotopic (exact) mass is 145 g/mol. The lowest BCUT2D eigenvalue weighted by Gasteiger charge is -1.94. The van der Waals surface area contributed by atoms with E-state index in [0.29, 0.717) is 0 Å². The van der Waals surface area contributed by atoms with Crippen LogP contribution >= 0.6 is 0 Å². The molecule has 54 valence electrons. The first kappa shape index (κ1) is 6.09. The summed E-state index contributed by atoms with van der Waals surface area (Å²) in [6, 6.07) is 5.71. The van der Waals surface area contributed by atoms with Crippen LogP contribution in [0.15, 0.2) is 35.6 Å². The van der Waals surface area contributed by atoms with E-state index in [0.717, 1.165) is 11.2 Å². The van der Waals surface area contributed by atoms with Gasteiger partial charge in [-0.15, -0.1) is 0 Å². The first-order valence-electron chi connectivity index (χ1n) is 3.31. The third-order valence-electron chi connectivity index (χ3n) is 1.58. The summed E-state index contributed by atoms with van der Waals surface area (Å²) in [4.78, 5) is 3.86. The molecule has 0 spiro atoms. The summed E-state index contributed by atoms with van der Waals surface area (Å²) < 4.78 is 1.77. The smallest absolute Gasteiger partial charge is 0.0917 e. The molecule has 0 saturated heterocycles. The van der Waals surface area contributed by atoms with E-state index in [1.807, 2.05) is 24.4 Å². The van der Waals surface area contributed by atoms with Crippen LogP contribution in [0.5, 0.6) is 0 Å². The van der Waals surface area contributed by atoms with E-state index in [1.54, 1.807) is 10.7 Å². The number of rotatable bonds is 1. The van der Waals surface area contributed by atoms with E-state index in [4.69, 9.17) is 0 Å². The van der Waals surface area contributed by atoms with Crippen LogP contribution in [0.25, 0.3) is 5.52 Å². The Morgan fingerprint density at radius 2 is 2.36 bits per heavy atom. The number of nitrogens with zero attached hydrogens (tertiary/aromatic N) is 3. The fourth-order valence-electron chi connectivity index (χ4n) is 1.07. The SMILES string of the molecule is C=Nc1cccn2nccc12. The minimum absolute atomic E-state index is 0.866. The van der Waals surface area contributed by atoms with Gasteiger partial charge in [-0.1, -0.05) is 0 Å². The summed E-state index contributed by atoms with van der Waals surface area (Å²) in [7, 11) is 0. The molecule has 0 atom stereocenters. The van der Waals surface area contributed by atoms with Crippen LogP contribution in [-0.2, 0) is 0 Å². The Kier molecular flexibility index (Phi) is 1.22. The van der Waals surface area contributed by atoms with Gasteiger partial charge in [0.25, 0.3) is 0 Å². The van der Waals surface area contributed by atoms with Crippen molar-refractivity contribution in [3.63, 3.8) is 0 Å². The number of hydrogen-bond donors (Lipinski definition) is 0. The predicted octanol–water partition coefficient (Wildman–Crippen LogP) is 1.67. The zero-order chi connectivity index (χ0) is 7.68. The Morgan fingerprint density at radius 3 is 3.18 bits per heavy atom. The molecule has 0 aromatic carbocycles. The molecule has 2 rings (SSSR count). The number of pyridine rings is 1. The third-order valence-corrected chi connectivity index (χ3v) is 1.58. The van der Waals surface area contributed by atoms with Gasteiger partial charge in [-0.05, 0) is 24.9 Å². The van der Waals surface area contributed by atoms with Crippen molar-refractivity contribution in [2.75, 3.05) is 0 Å². The molecule has 0 radical (unpaired) electrons. The van der Waals surface area contributed by atoms with Gasteiger partial charge in [-0.25, -0.2) is 4.52 Å². The van der Waals surface area contributed by atoms with Crippen LogP contribution in [0.3, 0.4) is 0 Å². The normalized spacial score (nSPS) is 10.2. The van der Waals surface area contributed by atoms with Gasteiger partial charge in [0.05, 0.1) is 17.4 Å². The average Bonchev–Trinajstić information content (AvgIpc) is 2.50. The summed E-state index contributed by atoms with van der Waals surface area (Å²) in [6.07, 6.45) is 3.62. The van der Waals surface area contributed by atoms with Crippen molar-refractivity contribution < 1.29 is 0 Å². The molecule has 2 aromatic heterocycles. The molecule has 0 aliphatic carbocycles. The fourth-order valence-corrected chi connectivity index (χ4v) is 1.07. The van der Waals surface area contributed by atoms with Gasteiger partial charge in [-0.3, -0.25) is 4.99 Å². The zero-order valence-electron chi connectivity index (χ0n) is 5.94. The minimum Gasteiger partial charge on any atom is -0.262 e. The molecule has 2 aromatic rings. The highest BCUT2D eigenvalue weighted by Crippen LogP contribution is 2.17. The quantitative estimate of drug-likeness (QED) is 0.561. The second kappa shape index (κ2) is 2.20. The molecule has 3 nitrogen and oxygen atoms in total. The second-order valence-corrected chi connectivity index (χ2v) is 2.21. The van der Waals surface area contributed by atoms with Gasteiger partial charge >= 0.3 is 0 Å². The second-order valence-electron chi connectivity index (χ2n) is 2.21. The Labute approximate surface area is 64.0 Å². The minimum atomic E-state index is 0.866. The molecule has 11 heavy (non-hydrogen) atoms.